The summed E-state index contributed by atoms with van der Waals surface area (Å²) in [6.45, 7) is 4.11. The van der Waals surface area contributed by atoms with Crippen molar-refractivity contribution in [1.82, 2.24) is 9.99 Å². The Morgan fingerprint density at radius 1 is 1.14 bits per heavy atom. The van der Waals surface area contributed by atoms with Crippen molar-refractivity contribution in [1.29, 1.82) is 0 Å². The molecule has 0 atom stereocenters. The molecular formula is C22H22ClN3OS. The summed E-state index contributed by atoms with van der Waals surface area (Å²) in [5.74, 6) is 0.584. The van der Waals surface area contributed by atoms with Gasteiger partial charge in [-0.15, -0.1) is 11.8 Å². The molecule has 1 amide bonds. The van der Waals surface area contributed by atoms with Gasteiger partial charge >= 0.3 is 0 Å². The van der Waals surface area contributed by atoms with Gasteiger partial charge in [0.1, 0.15) is 0 Å². The number of nitrogens with zero attached hydrogens (tertiary/aromatic N) is 2. The molecule has 0 saturated heterocycles. The normalized spacial score (nSPS) is 11.1. The first-order valence-corrected chi connectivity index (χ1v) is 10.4. The number of aromatic nitrogens is 1. The predicted octanol–water partition coefficient (Wildman–Crippen LogP) is 5.38. The number of carbonyl (C=O) groups excluding carboxylic acids is 1. The minimum Gasteiger partial charge on any atom is -0.318 e. The molecule has 144 valence electrons. The highest BCUT2D eigenvalue weighted by atomic mass is 35.5. The summed E-state index contributed by atoms with van der Waals surface area (Å²) >= 11 is 7.49. The first-order valence-electron chi connectivity index (χ1n) is 8.99. The van der Waals surface area contributed by atoms with Crippen LogP contribution < -0.4 is 5.43 Å². The fraction of sp³-hybridized carbons (Fsp3) is 0.182. The molecular weight excluding hydrogens is 390 g/mol. The number of halogens is 1. The summed E-state index contributed by atoms with van der Waals surface area (Å²) in [5, 5.41) is 4.83. The number of carbonyl (C=O) groups is 1. The van der Waals surface area contributed by atoms with Gasteiger partial charge in [0.15, 0.2) is 0 Å². The Morgan fingerprint density at radius 2 is 1.86 bits per heavy atom. The Kier molecular flexibility index (Phi) is 6.95. The summed E-state index contributed by atoms with van der Waals surface area (Å²) < 4.78 is 2.17. The molecule has 0 saturated carbocycles. The first kappa shape index (κ1) is 20.2. The third-order valence-electron chi connectivity index (χ3n) is 4.29. The van der Waals surface area contributed by atoms with Gasteiger partial charge in [-0.25, -0.2) is 5.43 Å². The third-order valence-corrected chi connectivity index (χ3v) is 5.55. The van der Waals surface area contributed by atoms with Crippen molar-refractivity contribution in [3.05, 3.63) is 82.6 Å². The van der Waals surface area contributed by atoms with Crippen LogP contribution in [-0.2, 0) is 4.79 Å². The van der Waals surface area contributed by atoms with E-state index in [-0.39, 0.29) is 5.91 Å². The molecule has 0 spiro atoms. The van der Waals surface area contributed by atoms with Crippen LogP contribution in [0.25, 0.3) is 5.69 Å². The number of rotatable bonds is 7. The van der Waals surface area contributed by atoms with Crippen molar-refractivity contribution in [2.75, 3.05) is 5.75 Å². The van der Waals surface area contributed by atoms with Gasteiger partial charge in [-0.3, -0.25) is 4.79 Å². The van der Waals surface area contributed by atoms with Gasteiger partial charge in [-0.1, -0.05) is 29.8 Å². The van der Waals surface area contributed by atoms with E-state index >= 15 is 0 Å². The van der Waals surface area contributed by atoms with E-state index in [0.717, 1.165) is 27.5 Å². The number of hydrazone groups is 1. The molecule has 0 bridgehead atoms. The molecule has 1 aromatic heterocycles. The second-order valence-electron chi connectivity index (χ2n) is 6.34. The zero-order valence-corrected chi connectivity index (χ0v) is 17.4. The first-order chi connectivity index (χ1) is 13.5. The highest BCUT2D eigenvalue weighted by molar-refractivity contribution is 7.99. The average Bonchev–Trinajstić information content (AvgIpc) is 2.97. The van der Waals surface area contributed by atoms with E-state index in [1.54, 1.807) is 18.0 Å². The van der Waals surface area contributed by atoms with Gasteiger partial charge < -0.3 is 4.57 Å². The lowest BCUT2D eigenvalue weighted by molar-refractivity contribution is -0.120. The van der Waals surface area contributed by atoms with Crippen molar-refractivity contribution in [2.45, 2.75) is 25.2 Å². The maximum absolute atomic E-state index is 12.0. The standard InChI is InChI=1S/C22H22ClN3OS/c1-16-14-18(17(2)26(16)20-6-4-3-5-7-20)15-24-25-22(27)12-13-28-21-10-8-19(23)9-11-21/h3-11,14-15H,12-13H2,1-2H3,(H,25,27)/b24-15+. The maximum Gasteiger partial charge on any atom is 0.240 e. The number of thioether (sulfide) groups is 1. The quantitative estimate of drug-likeness (QED) is 0.322. The molecule has 4 nitrogen and oxygen atoms in total. The summed E-state index contributed by atoms with van der Waals surface area (Å²) in [6.07, 6.45) is 2.10. The second-order valence-corrected chi connectivity index (χ2v) is 7.95. The van der Waals surface area contributed by atoms with Crippen LogP contribution in [0.15, 0.2) is 70.7 Å². The van der Waals surface area contributed by atoms with E-state index < -0.39 is 0 Å². The lowest BCUT2D eigenvalue weighted by atomic mass is 10.2. The summed E-state index contributed by atoms with van der Waals surface area (Å²) in [5.41, 5.74) is 6.91. The lowest BCUT2D eigenvalue weighted by Crippen LogP contribution is -2.17. The molecule has 0 fully saturated rings. The Hall–Kier alpha value is -2.50. The van der Waals surface area contributed by atoms with Gasteiger partial charge in [0, 0.05) is 44.7 Å². The Balaban J connectivity index is 1.53. The fourth-order valence-corrected chi connectivity index (χ4v) is 3.89. The van der Waals surface area contributed by atoms with Gasteiger partial charge in [-0.05, 0) is 56.3 Å². The molecule has 3 rings (SSSR count). The highest BCUT2D eigenvalue weighted by Crippen LogP contribution is 2.21. The van der Waals surface area contributed by atoms with Crippen molar-refractivity contribution in [3.63, 3.8) is 0 Å². The number of nitrogens with one attached hydrogen (secondary N) is 1. The molecule has 3 aromatic rings. The van der Waals surface area contributed by atoms with E-state index in [1.807, 2.05) is 49.4 Å². The molecule has 6 heteroatoms. The molecule has 0 aliphatic rings. The van der Waals surface area contributed by atoms with Gasteiger partial charge in [-0.2, -0.15) is 5.10 Å². The fourth-order valence-electron chi connectivity index (χ4n) is 2.91. The molecule has 1 N–H and O–H groups in total. The van der Waals surface area contributed by atoms with Crippen molar-refractivity contribution in [3.8, 4) is 5.69 Å². The van der Waals surface area contributed by atoms with Crippen LogP contribution in [0, 0.1) is 13.8 Å². The van der Waals surface area contributed by atoms with E-state index in [2.05, 4.69) is 40.2 Å². The van der Waals surface area contributed by atoms with Gasteiger partial charge in [0.25, 0.3) is 0 Å². The number of amides is 1. The zero-order chi connectivity index (χ0) is 19.9. The SMILES string of the molecule is Cc1cc(/C=N/NC(=O)CCSc2ccc(Cl)cc2)c(C)n1-c1ccccc1. The van der Waals surface area contributed by atoms with Crippen LogP contribution in [0.3, 0.4) is 0 Å². The molecule has 0 aliphatic heterocycles. The van der Waals surface area contributed by atoms with Crippen molar-refractivity contribution in [2.24, 2.45) is 5.10 Å². The Bertz CT molecular complexity index is 965. The number of benzene rings is 2. The van der Waals surface area contributed by atoms with E-state index in [4.69, 9.17) is 11.6 Å². The van der Waals surface area contributed by atoms with E-state index in [0.29, 0.717) is 17.2 Å². The predicted molar refractivity (Wildman–Crippen MR) is 118 cm³/mol. The lowest BCUT2D eigenvalue weighted by Gasteiger charge is -2.08. The van der Waals surface area contributed by atoms with Crippen LogP contribution in [0.2, 0.25) is 5.02 Å². The molecule has 0 aliphatic carbocycles. The van der Waals surface area contributed by atoms with E-state index in [9.17, 15) is 4.79 Å². The Morgan fingerprint density at radius 3 is 2.57 bits per heavy atom. The van der Waals surface area contributed by atoms with Crippen LogP contribution >= 0.6 is 23.4 Å². The highest BCUT2D eigenvalue weighted by Gasteiger charge is 2.09. The van der Waals surface area contributed by atoms with Crippen molar-refractivity contribution < 1.29 is 4.79 Å². The molecule has 0 unspecified atom stereocenters. The third kappa shape index (κ3) is 5.27. The summed E-state index contributed by atoms with van der Waals surface area (Å²) in [7, 11) is 0. The number of hydrogen-bond acceptors (Lipinski definition) is 3. The molecule has 1 heterocycles. The second kappa shape index (κ2) is 9.62. The van der Waals surface area contributed by atoms with Crippen LogP contribution in [0.5, 0.6) is 0 Å². The van der Waals surface area contributed by atoms with E-state index in [1.165, 1.54) is 0 Å². The largest absolute Gasteiger partial charge is 0.318 e. The smallest absolute Gasteiger partial charge is 0.240 e. The van der Waals surface area contributed by atoms with Crippen LogP contribution in [0.4, 0.5) is 0 Å². The topological polar surface area (TPSA) is 46.4 Å². The van der Waals surface area contributed by atoms with Crippen molar-refractivity contribution >= 4 is 35.5 Å². The molecule has 28 heavy (non-hydrogen) atoms. The maximum atomic E-state index is 12.0. The zero-order valence-electron chi connectivity index (χ0n) is 15.9. The number of hydrogen-bond donors (Lipinski definition) is 1. The number of para-hydroxylation sites is 1. The molecule has 2 aromatic carbocycles. The summed E-state index contributed by atoms with van der Waals surface area (Å²) in [6, 6.07) is 19.8. The number of aryl methyl sites for hydroxylation is 1. The van der Waals surface area contributed by atoms with Crippen LogP contribution in [-0.4, -0.2) is 22.4 Å². The Labute approximate surface area is 174 Å². The minimum absolute atomic E-state index is 0.102. The summed E-state index contributed by atoms with van der Waals surface area (Å²) in [4.78, 5) is 13.1. The van der Waals surface area contributed by atoms with Gasteiger partial charge in [0.2, 0.25) is 5.91 Å². The van der Waals surface area contributed by atoms with Gasteiger partial charge in [0.05, 0.1) is 6.21 Å². The minimum atomic E-state index is -0.102. The monoisotopic (exact) mass is 411 g/mol. The van der Waals surface area contributed by atoms with Crippen LogP contribution in [0.1, 0.15) is 23.4 Å². The molecule has 0 radical (unpaired) electrons. The average molecular weight is 412 g/mol.